The highest BCUT2D eigenvalue weighted by molar-refractivity contribution is 7.89. The molecule has 0 saturated carbocycles. The Labute approximate surface area is 128 Å². The average Bonchev–Trinajstić information content (AvgIpc) is 2.41. The smallest absolute Gasteiger partial charge is 0.215 e. The summed E-state index contributed by atoms with van der Waals surface area (Å²) in [7, 11) is -7.08. The molecule has 10 heteroatoms. The first kappa shape index (κ1) is 18.3. The molecule has 0 heterocycles. The molecule has 21 heavy (non-hydrogen) atoms. The van der Waals surface area contributed by atoms with Crippen LogP contribution >= 0.6 is 11.6 Å². The third-order valence-electron chi connectivity index (χ3n) is 2.55. The maximum atomic E-state index is 13.0. The summed E-state index contributed by atoms with van der Waals surface area (Å²) in [5.74, 6) is -0.739. The molecule has 0 aliphatic rings. The van der Waals surface area contributed by atoms with Gasteiger partial charge in [0, 0.05) is 13.1 Å². The summed E-state index contributed by atoms with van der Waals surface area (Å²) < 4.78 is 63.6. The number of nitrogens with one attached hydrogen (secondary N) is 2. The van der Waals surface area contributed by atoms with Gasteiger partial charge in [0.2, 0.25) is 20.0 Å². The van der Waals surface area contributed by atoms with Crippen LogP contribution in [0.1, 0.15) is 13.3 Å². The van der Waals surface area contributed by atoms with Crippen LogP contribution in [0.15, 0.2) is 23.1 Å². The van der Waals surface area contributed by atoms with Crippen molar-refractivity contribution in [1.29, 1.82) is 0 Å². The third-order valence-corrected chi connectivity index (χ3v) is 5.70. The summed E-state index contributed by atoms with van der Waals surface area (Å²) in [6.07, 6.45) is 0.285. The zero-order valence-corrected chi connectivity index (χ0v) is 13.7. The highest BCUT2D eigenvalue weighted by atomic mass is 35.5. The van der Waals surface area contributed by atoms with Gasteiger partial charge in [-0.2, -0.15) is 0 Å². The fourth-order valence-corrected chi connectivity index (χ4v) is 3.36. The largest absolute Gasteiger partial charge is 0.240 e. The van der Waals surface area contributed by atoms with Crippen molar-refractivity contribution in [3.05, 3.63) is 29.0 Å². The first-order valence-corrected chi connectivity index (χ1v) is 9.61. The van der Waals surface area contributed by atoms with E-state index in [0.717, 1.165) is 18.2 Å². The zero-order valence-electron chi connectivity index (χ0n) is 11.3. The lowest BCUT2D eigenvalue weighted by atomic mass is 10.3. The standard InChI is InChI=1S/C11H16ClFN2O4S2/c1-2-20(16,17)14-6-3-7-15-21(18,19)9-4-5-11(13)10(12)8-9/h4-5,8,14-15H,2-3,6-7H2,1H3. The van der Waals surface area contributed by atoms with E-state index >= 15 is 0 Å². The number of sulfonamides is 2. The third kappa shape index (κ3) is 5.87. The van der Waals surface area contributed by atoms with Crippen LogP contribution in [0.3, 0.4) is 0 Å². The van der Waals surface area contributed by atoms with Gasteiger partial charge in [0.25, 0.3) is 0 Å². The van der Waals surface area contributed by atoms with Crippen molar-refractivity contribution in [1.82, 2.24) is 9.44 Å². The SMILES string of the molecule is CCS(=O)(=O)NCCCNS(=O)(=O)c1ccc(F)c(Cl)c1. The number of benzene rings is 1. The summed E-state index contributed by atoms with van der Waals surface area (Å²) in [5, 5.41) is -0.284. The van der Waals surface area contributed by atoms with Crippen molar-refractivity contribution >= 4 is 31.6 Å². The Morgan fingerprint density at radius 1 is 1.14 bits per heavy atom. The molecule has 0 aromatic heterocycles. The molecule has 0 unspecified atom stereocenters. The van der Waals surface area contributed by atoms with Gasteiger partial charge in [-0.25, -0.2) is 30.7 Å². The van der Waals surface area contributed by atoms with Gasteiger partial charge < -0.3 is 0 Å². The predicted molar refractivity (Wildman–Crippen MR) is 78.7 cm³/mol. The maximum Gasteiger partial charge on any atom is 0.240 e. The van der Waals surface area contributed by atoms with Crippen LogP contribution in [0, 0.1) is 5.82 Å². The lowest BCUT2D eigenvalue weighted by Crippen LogP contribution is -2.30. The topological polar surface area (TPSA) is 92.3 Å². The Morgan fingerprint density at radius 2 is 1.76 bits per heavy atom. The molecule has 120 valence electrons. The first-order valence-electron chi connectivity index (χ1n) is 6.10. The molecule has 0 atom stereocenters. The van der Waals surface area contributed by atoms with E-state index in [4.69, 9.17) is 11.6 Å². The summed E-state index contributed by atoms with van der Waals surface area (Å²) in [5.41, 5.74) is 0. The first-order chi connectivity index (χ1) is 9.68. The highest BCUT2D eigenvalue weighted by Gasteiger charge is 2.15. The molecule has 0 aliphatic heterocycles. The van der Waals surface area contributed by atoms with E-state index in [-0.39, 0.29) is 35.2 Å². The van der Waals surface area contributed by atoms with Gasteiger partial charge in [-0.05, 0) is 31.5 Å². The van der Waals surface area contributed by atoms with Gasteiger partial charge >= 0.3 is 0 Å². The lowest BCUT2D eigenvalue weighted by Gasteiger charge is -2.08. The van der Waals surface area contributed by atoms with Crippen LogP contribution < -0.4 is 9.44 Å². The van der Waals surface area contributed by atoms with Crippen molar-refractivity contribution < 1.29 is 21.2 Å². The van der Waals surface area contributed by atoms with E-state index < -0.39 is 25.9 Å². The Kier molecular flexibility index (Phi) is 6.54. The van der Waals surface area contributed by atoms with Gasteiger partial charge in [0.05, 0.1) is 15.7 Å². The molecule has 1 rings (SSSR count). The summed E-state index contributed by atoms with van der Waals surface area (Å²) in [4.78, 5) is -0.150. The lowest BCUT2D eigenvalue weighted by molar-refractivity contribution is 0.572. The molecule has 1 aromatic rings. The Hall–Kier alpha value is -0.740. The second-order valence-electron chi connectivity index (χ2n) is 4.13. The minimum absolute atomic E-state index is 0.0349. The molecule has 0 aliphatic carbocycles. The van der Waals surface area contributed by atoms with E-state index in [1.54, 1.807) is 0 Å². The van der Waals surface area contributed by atoms with Crippen LogP contribution in [0.2, 0.25) is 5.02 Å². The summed E-state index contributed by atoms with van der Waals surface area (Å²) >= 11 is 5.53. The van der Waals surface area contributed by atoms with E-state index in [0.29, 0.717) is 0 Å². The van der Waals surface area contributed by atoms with Crippen LogP contribution in [-0.4, -0.2) is 35.7 Å². The fourth-order valence-electron chi connectivity index (χ4n) is 1.35. The molecule has 6 nitrogen and oxygen atoms in total. The molecule has 0 bridgehead atoms. The van der Waals surface area contributed by atoms with E-state index in [9.17, 15) is 21.2 Å². The molecular formula is C11H16ClFN2O4S2. The monoisotopic (exact) mass is 358 g/mol. The molecule has 2 N–H and O–H groups in total. The Balaban J connectivity index is 2.52. The van der Waals surface area contributed by atoms with Crippen molar-refractivity contribution in [2.45, 2.75) is 18.2 Å². The Morgan fingerprint density at radius 3 is 2.33 bits per heavy atom. The van der Waals surface area contributed by atoms with Crippen molar-refractivity contribution in [3.8, 4) is 0 Å². The summed E-state index contributed by atoms with van der Waals surface area (Å²) in [6.45, 7) is 1.68. The number of halogens is 2. The minimum Gasteiger partial charge on any atom is -0.215 e. The molecule has 1 aromatic carbocycles. The molecule has 0 fully saturated rings. The minimum atomic E-state index is -3.80. The van der Waals surface area contributed by atoms with Crippen molar-refractivity contribution in [2.75, 3.05) is 18.8 Å². The molecule has 0 amide bonds. The van der Waals surface area contributed by atoms with Crippen LogP contribution in [-0.2, 0) is 20.0 Å². The fraction of sp³-hybridized carbons (Fsp3) is 0.455. The number of rotatable bonds is 8. The quantitative estimate of drug-likeness (QED) is 0.680. The molecule has 0 saturated heterocycles. The van der Waals surface area contributed by atoms with Crippen LogP contribution in [0.25, 0.3) is 0 Å². The molecule has 0 radical (unpaired) electrons. The predicted octanol–water partition coefficient (Wildman–Crippen LogP) is 1.09. The van der Waals surface area contributed by atoms with E-state index in [1.165, 1.54) is 6.92 Å². The second-order valence-corrected chi connectivity index (χ2v) is 8.39. The highest BCUT2D eigenvalue weighted by Crippen LogP contribution is 2.19. The van der Waals surface area contributed by atoms with Gasteiger partial charge in [0.15, 0.2) is 0 Å². The van der Waals surface area contributed by atoms with Gasteiger partial charge in [-0.15, -0.1) is 0 Å². The van der Waals surface area contributed by atoms with E-state index in [2.05, 4.69) is 9.44 Å². The summed E-state index contributed by atoms with van der Waals surface area (Å²) in [6, 6.07) is 3.08. The second kappa shape index (κ2) is 7.50. The van der Waals surface area contributed by atoms with Crippen molar-refractivity contribution in [2.24, 2.45) is 0 Å². The molecular weight excluding hydrogens is 343 g/mol. The zero-order chi connectivity index (χ0) is 16.1. The Bertz CT molecular complexity index is 692. The van der Waals surface area contributed by atoms with Gasteiger partial charge in [-0.1, -0.05) is 11.6 Å². The normalized spacial score (nSPS) is 12.5. The maximum absolute atomic E-state index is 13.0. The van der Waals surface area contributed by atoms with Gasteiger partial charge in [0.1, 0.15) is 5.82 Å². The van der Waals surface area contributed by atoms with Gasteiger partial charge in [-0.3, -0.25) is 0 Å². The van der Waals surface area contributed by atoms with Crippen molar-refractivity contribution in [3.63, 3.8) is 0 Å². The molecule has 0 spiro atoms. The van der Waals surface area contributed by atoms with Crippen LogP contribution in [0.5, 0.6) is 0 Å². The van der Waals surface area contributed by atoms with Crippen LogP contribution in [0.4, 0.5) is 4.39 Å². The average molecular weight is 359 g/mol. The van der Waals surface area contributed by atoms with E-state index in [1.807, 2.05) is 0 Å². The number of hydrogen-bond donors (Lipinski definition) is 2. The number of hydrogen-bond acceptors (Lipinski definition) is 4.